The highest BCUT2D eigenvalue weighted by molar-refractivity contribution is 5.78. The van der Waals surface area contributed by atoms with Crippen molar-refractivity contribution in [2.75, 3.05) is 13.1 Å². The largest absolute Gasteiger partial charge is 0.332 e. The van der Waals surface area contributed by atoms with Crippen LogP contribution < -0.4 is 0 Å². The van der Waals surface area contributed by atoms with Gasteiger partial charge in [-0.25, -0.2) is 4.98 Å². The second-order valence-electron chi connectivity index (χ2n) is 4.63. The van der Waals surface area contributed by atoms with E-state index in [0.29, 0.717) is 19.5 Å². The van der Waals surface area contributed by atoms with Crippen LogP contribution in [-0.2, 0) is 11.3 Å². The predicted octanol–water partition coefficient (Wildman–Crippen LogP) is 1.66. The molecule has 96 valence electrons. The van der Waals surface area contributed by atoms with Crippen LogP contribution in [0.15, 0.2) is 30.6 Å². The topological polar surface area (TPSA) is 38.1 Å². The Morgan fingerprint density at radius 1 is 1.21 bits per heavy atom. The molecule has 4 nitrogen and oxygen atoms in total. The van der Waals surface area contributed by atoms with E-state index < -0.39 is 0 Å². The maximum Gasteiger partial charge on any atom is 0.223 e. The second-order valence-corrected chi connectivity index (χ2v) is 4.63. The molecule has 1 aromatic heterocycles. The summed E-state index contributed by atoms with van der Waals surface area (Å²) in [6, 6.07) is 8.00. The van der Waals surface area contributed by atoms with Crippen molar-refractivity contribution >= 4 is 16.9 Å². The predicted molar refractivity (Wildman–Crippen MR) is 73.3 cm³/mol. The average molecular weight is 253 g/mol. The maximum atomic E-state index is 11.4. The SMILES string of the molecule is O=C1CCCN1CC#CCn1cnc2ccccc21. The molecule has 1 saturated heterocycles. The van der Waals surface area contributed by atoms with E-state index in [-0.39, 0.29) is 5.91 Å². The molecule has 1 aliphatic rings. The zero-order valence-corrected chi connectivity index (χ0v) is 10.7. The summed E-state index contributed by atoms with van der Waals surface area (Å²) in [5, 5.41) is 0. The van der Waals surface area contributed by atoms with Gasteiger partial charge in [-0.15, -0.1) is 0 Å². The number of hydrogen-bond donors (Lipinski definition) is 0. The van der Waals surface area contributed by atoms with E-state index in [1.54, 1.807) is 6.33 Å². The van der Waals surface area contributed by atoms with Crippen molar-refractivity contribution in [3.05, 3.63) is 30.6 Å². The average Bonchev–Trinajstić information content (AvgIpc) is 3.02. The fourth-order valence-electron chi connectivity index (χ4n) is 2.30. The third-order valence-electron chi connectivity index (χ3n) is 3.34. The number of carbonyl (C=O) groups is 1. The summed E-state index contributed by atoms with van der Waals surface area (Å²) < 4.78 is 2.02. The fraction of sp³-hybridized carbons (Fsp3) is 0.333. The molecular formula is C15H15N3O. The molecule has 0 unspecified atom stereocenters. The first-order chi connectivity index (χ1) is 9.34. The van der Waals surface area contributed by atoms with Crippen LogP contribution in [0.4, 0.5) is 0 Å². The number of nitrogens with zero attached hydrogens (tertiary/aromatic N) is 3. The first-order valence-corrected chi connectivity index (χ1v) is 6.48. The molecule has 4 heteroatoms. The molecule has 1 aromatic carbocycles. The molecule has 0 aliphatic carbocycles. The summed E-state index contributed by atoms with van der Waals surface area (Å²) >= 11 is 0. The van der Waals surface area contributed by atoms with Gasteiger partial charge in [-0.2, -0.15) is 0 Å². The standard InChI is InChI=1S/C15H15N3O/c19-15-8-5-11-17(15)9-3-4-10-18-12-16-13-6-1-2-7-14(13)18/h1-2,6-7,12H,5,8-11H2. The number of hydrogen-bond acceptors (Lipinski definition) is 2. The smallest absolute Gasteiger partial charge is 0.223 e. The Kier molecular flexibility index (Phi) is 3.20. The Balaban J connectivity index is 1.65. The van der Waals surface area contributed by atoms with Crippen LogP contribution in [0.25, 0.3) is 11.0 Å². The van der Waals surface area contributed by atoms with Crippen molar-refractivity contribution in [1.29, 1.82) is 0 Å². The van der Waals surface area contributed by atoms with Gasteiger partial charge in [0.25, 0.3) is 0 Å². The van der Waals surface area contributed by atoms with Gasteiger partial charge in [0.05, 0.1) is 30.5 Å². The number of rotatable bonds is 2. The summed E-state index contributed by atoms with van der Waals surface area (Å²) in [6.45, 7) is 2.01. The van der Waals surface area contributed by atoms with Gasteiger partial charge in [-0.1, -0.05) is 24.0 Å². The van der Waals surface area contributed by atoms with Crippen LogP contribution in [0.5, 0.6) is 0 Å². The van der Waals surface area contributed by atoms with E-state index in [1.165, 1.54) is 0 Å². The summed E-state index contributed by atoms with van der Waals surface area (Å²) in [4.78, 5) is 17.6. The first kappa shape index (κ1) is 11.8. The number of imidazole rings is 1. The Bertz CT molecular complexity index is 663. The molecule has 3 rings (SSSR count). The van der Waals surface area contributed by atoms with Crippen molar-refractivity contribution in [3.8, 4) is 11.8 Å². The summed E-state index contributed by atoms with van der Waals surface area (Å²) in [7, 11) is 0. The first-order valence-electron chi connectivity index (χ1n) is 6.48. The van der Waals surface area contributed by atoms with Crippen LogP contribution in [0.1, 0.15) is 12.8 Å². The van der Waals surface area contributed by atoms with Gasteiger partial charge < -0.3 is 9.47 Å². The minimum atomic E-state index is 0.224. The number of aromatic nitrogens is 2. The van der Waals surface area contributed by atoms with E-state index in [2.05, 4.69) is 16.8 Å². The van der Waals surface area contributed by atoms with E-state index in [1.807, 2.05) is 33.7 Å². The van der Waals surface area contributed by atoms with E-state index in [9.17, 15) is 4.79 Å². The number of fused-ring (bicyclic) bond motifs is 1. The highest BCUT2D eigenvalue weighted by Crippen LogP contribution is 2.11. The molecule has 0 spiro atoms. The van der Waals surface area contributed by atoms with Crippen molar-refractivity contribution in [2.24, 2.45) is 0 Å². The zero-order valence-electron chi connectivity index (χ0n) is 10.7. The molecule has 0 saturated carbocycles. The highest BCUT2D eigenvalue weighted by atomic mass is 16.2. The Hall–Kier alpha value is -2.28. The maximum absolute atomic E-state index is 11.4. The van der Waals surface area contributed by atoms with Crippen LogP contribution in [0.2, 0.25) is 0 Å². The number of amides is 1. The number of likely N-dealkylation sites (tertiary alicyclic amines) is 1. The van der Waals surface area contributed by atoms with E-state index in [4.69, 9.17) is 0 Å². The molecule has 1 fully saturated rings. The van der Waals surface area contributed by atoms with Gasteiger partial charge in [0, 0.05) is 13.0 Å². The van der Waals surface area contributed by atoms with Crippen LogP contribution in [0, 0.1) is 11.8 Å². The van der Waals surface area contributed by atoms with Crippen molar-refractivity contribution in [2.45, 2.75) is 19.4 Å². The summed E-state index contributed by atoms with van der Waals surface area (Å²) in [5.74, 6) is 6.40. The molecule has 2 aromatic rings. The lowest BCUT2D eigenvalue weighted by molar-refractivity contribution is -0.127. The zero-order chi connectivity index (χ0) is 13.1. The third-order valence-corrected chi connectivity index (χ3v) is 3.34. The lowest BCUT2D eigenvalue weighted by Crippen LogP contribution is -2.24. The van der Waals surface area contributed by atoms with Gasteiger partial charge in [0.15, 0.2) is 0 Å². The molecule has 19 heavy (non-hydrogen) atoms. The Morgan fingerprint density at radius 2 is 2.05 bits per heavy atom. The van der Waals surface area contributed by atoms with Gasteiger partial charge in [0.1, 0.15) is 0 Å². The Morgan fingerprint density at radius 3 is 2.89 bits per heavy atom. The normalized spacial score (nSPS) is 14.7. The summed E-state index contributed by atoms with van der Waals surface area (Å²) in [5.41, 5.74) is 2.08. The number of para-hydroxylation sites is 2. The minimum absolute atomic E-state index is 0.224. The molecule has 1 aliphatic heterocycles. The van der Waals surface area contributed by atoms with E-state index >= 15 is 0 Å². The van der Waals surface area contributed by atoms with Crippen LogP contribution in [-0.4, -0.2) is 33.4 Å². The molecule has 0 bridgehead atoms. The third kappa shape index (κ3) is 2.45. The molecule has 0 N–H and O–H groups in total. The lowest BCUT2D eigenvalue weighted by atomic mass is 10.3. The molecule has 0 radical (unpaired) electrons. The van der Waals surface area contributed by atoms with Crippen molar-refractivity contribution < 1.29 is 4.79 Å². The van der Waals surface area contributed by atoms with E-state index in [0.717, 1.165) is 24.0 Å². The minimum Gasteiger partial charge on any atom is -0.332 e. The van der Waals surface area contributed by atoms with Gasteiger partial charge in [-0.3, -0.25) is 4.79 Å². The van der Waals surface area contributed by atoms with Crippen LogP contribution >= 0.6 is 0 Å². The van der Waals surface area contributed by atoms with Crippen molar-refractivity contribution in [3.63, 3.8) is 0 Å². The quantitative estimate of drug-likeness (QED) is 0.763. The molecule has 1 amide bonds. The van der Waals surface area contributed by atoms with Crippen molar-refractivity contribution in [1.82, 2.24) is 14.5 Å². The van der Waals surface area contributed by atoms with Gasteiger partial charge in [0.2, 0.25) is 5.91 Å². The Labute approximate surface area is 112 Å². The number of carbonyl (C=O) groups excluding carboxylic acids is 1. The fourth-order valence-corrected chi connectivity index (χ4v) is 2.30. The number of benzene rings is 1. The van der Waals surface area contributed by atoms with Gasteiger partial charge in [-0.05, 0) is 18.6 Å². The molecular weight excluding hydrogens is 238 g/mol. The monoisotopic (exact) mass is 253 g/mol. The highest BCUT2D eigenvalue weighted by Gasteiger charge is 2.18. The lowest BCUT2D eigenvalue weighted by Gasteiger charge is -2.09. The van der Waals surface area contributed by atoms with Crippen LogP contribution in [0.3, 0.4) is 0 Å². The second kappa shape index (κ2) is 5.15. The molecule has 2 heterocycles. The molecule has 0 atom stereocenters. The summed E-state index contributed by atoms with van der Waals surface area (Å²) in [6.07, 6.45) is 3.45. The van der Waals surface area contributed by atoms with Gasteiger partial charge >= 0.3 is 0 Å².